The second kappa shape index (κ2) is 4.86. The molecular weight excluding hydrogens is 248 g/mol. The van der Waals surface area contributed by atoms with E-state index in [2.05, 4.69) is 53.8 Å². The average molecular weight is 264 g/mol. The van der Waals surface area contributed by atoms with Gasteiger partial charge in [-0.2, -0.15) is 10.4 Å². The molecule has 0 saturated heterocycles. The molecule has 2 aromatic heterocycles. The van der Waals surface area contributed by atoms with Crippen molar-refractivity contribution in [3.63, 3.8) is 0 Å². The average Bonchev–Trinajstić information content (AvgIpc) is 3.02. The molecule has 0 amide bonds. The van der Waals surface area contributed by atoms with Crippen molar-refractivity contribution < 1.29 is 0 Å². The van der Waals surface area contributed by atoms with Crippen molar-refractivity contribution in [2.75, 3.05) is 0 Å². The summed E-state index contributed by atoms with van der Waals surface area (Å²) in [6.07, 6.45) is 5.47. The van der Waals surface area contributed by atoms with E-state index < -0.39 is 0 Å². The summed E-state index contributed by atoms with van der Waals surface area (Å²) in [6, 6.07) is 10.6. The Hall–Kier alpha value is -2.54. The standard InChI is InChI=1S/C16H16N4/c1-12(2)15-6-4-3-5-13(15)11-19-7-8-20-16(19)14(9-17)10-18-20/h3-8,10,12H,11H2,1-2H3. The number of hydrogen-bond donors (Lipinski definition) is 0. The first-order chi connectivity index (χ1) is 9.70. The van der Waals surface area contributed by atoms with Crippen LogP contribution in [0.2, 0.25) is 0 Å². The number of benzene rings is 1. The summed E-state index contributed by atoms with van der Waals surface area (Å²) in [4.78, 5) is 0. The van der Waals surface area contributed by atoms with E-state index in [1.54, 1.807) is 10.7 Å². The number of nitrogens with zero attached hydrogens (tertiary/aromatic N) is 4. The van der Waals surface area contributed by atoms with E-state index in [1.165, 1.54) is 11.1 Å². The summed E-state index contributed by atoms with van der Waals surface area (Å²) in [6.45, 7) is 5.15. The van der Waals surface area contributed by atoms with Crippen LogP contribution in [0.15, 0.2) is 42.9 Å². The highest BCUT2D eigenvalue weighted by atomic mass is 15.3. The maximum atomic E-state index is 9.16. The van der Waals surface area contributed by atoms with Gasteiger partial charge in [0.15, 0.2) is 5.65 Å². The molecule has 4 heteroatoms. The van der Waals surface area contributed by atoms with Crippen LogP contribution in [0.25, 0.3) is 5.65 Å². The minimum Gasteiger partial charge on any atom is -0.326 e. The molecular formula is C16H16N4. The SMILES string of the molecule is CC(C)c1ccccc1Cn1ccn2ncc(C#N)c12. The van der Waals surface area contributed by atoms with Crippen LogP contribution in [0.3, 0.4) is 0 Å². The largest absolute Gasteiger partial charge is 0.326 e. The summed E-state index contributed by atoms with van der Waals surface area (Å²) in [5.74, 6) is 0.484. The van der Waals surface area contributed by atoms with E-state index >= 15 is 0 Å². The summed E-state index contributed by atoms with van der Waals surface area (Å²) < 4.78 is 3.82. The summed E-state index contributed by atoms with van der Waals surface area (Å²) in [5, 5.41) is 13.3. The van der Waals surface area contributed by atoms with Crippen LogP contribution in [0.1, 0.15) is 36.5 Å². The predicted octanol–water partition coefficient (Wildman–Crippen LogP) is 3.18. The van der Waals surface area contributed by atoms with Gasteiger partial charge in [-0.25, -0.2) is 4.52 Å². The molecule has 0 radical (unpaired) electrons. The minimum atomic E-state index is 0.484. The molecule has 0 fully saturated rings. The Morgan fingerprint density at radius 3 is 2.80 bits per heavy atom. The highest BCUT2D eigenvalue weighted by molar-refractivity contribution is 5.55. The number of nitriles is 1. The monoisotopic (exact) mass is 264 g/mol. The second-order valence-electron chi connectivity index (χ2n) is 5.22. The molecule has 0 aliphatic heterocycles. The van der Waals surface area contributed by atoms with Gasteiger partial charge in [0.2, 0.25) is 0 Å². The van der Waals surface area contributed by atoms with Crippen LogP contribution in [-0.4, -0.2) is 14.2 Å². The number of aromatic nitrogens is 3. The molecule has 3 rings (SSSR count). The fourth-order valence-electron chi connectivity index (χ4n) is 2.60. The number of hydrogen-bond acceptors (Lipinski definition) is 2. The smallest absolute Gasteiger partial charge is 0.154 e. The van der Waals surface area contributed by atoms with E-state index in [4.69, 9.17) is 5.26 Å². The first kappa shape index (κ1) is 12.5. The Morgan fingerprint density at radius 1 is 1.25 bits per heavy atom. The van der Waals surface area contributed by atoms with Gasteiger partial charge in [0.05, 0.1) is 6.20 Å². The van der Waals surface area contributed by atoms with Gasteiger partial charge >= 0.3 is 0 Å². The normalized spacial score (nSPS) is 11.1. The molecule has 0 spiro atoms. The Morgan fingerprint density at radius 2 is 2.05 bits per heavy atom. The Kier molecular flexibility index (Phi) is 3.03. The third-order valence-electron chi connectivity index (χ3n) is 3.57. The van der Waals surface area contributed by atoms with Crippen molar-refractivity contribution in [3.05, 3.63) is 59.5 Å². The van der Waals surface area contributed by atoms with Gasteiger partial charge in [0, 0.05) is 18.9 Å². The lowest BCUT2D eigenvalue weighted by Crippen LogP contribution is -2.03. The molecule has 3 aromatic rings. The maximum absolute atomic E-state index is 9.16. The van der Waals surface area contributed by atoms with E-state index in [1.807, 2.05) is 12.4 Å². The summed E-state index contributed by atoms with van der Waals surface area (Å²) in [7, 11) is 0. The lowest BCUT2D eigenvalue weighted by atomic mass is 9.97. The minimum absolute atomic E-state index is 0.484. The predicted molar refractivity (Wildman–Crippen MR) is 77.5 cm³/mol. The molecule has 100 valence electrons. The Labute approximate surface area is 117 Å². The van der Waals surface area contributed by atoms with Crippen LogP contribution in [0.4, 0.5) is 0 Å². The van der Waals surface area contributed by atoms with Crippen molar-refractivity contribution in [1.82, 2.24) is 14.2 Å². The van der Waals surface area contributed by atoms with Gasteiger partial charge in [0.25, 0.3) is 0 Å². The molecule has 0 aliphatic carbocycles. The van der Waals surface area contributed by atoms with E-state index in [0.717, 1.165) is 12.2 Å². The fourth-order valence-corrected chi connectivity index (χ4v) is 2.60. The first-order valence-corrected chi connectivity index (χ1v) is 6.71. The first-order valence-electron chi connectivity index (χ1n) is 6.71. The molecule has 0 atom stereocenters. The highest BCUT2D eigenvalue weighted by Gasteiger charge is 2.11. The third kappa shape index (κ3) is 1.97. The quantitative estimate of drug-likeness (QED) is 0.729. The van der Waals surface area contributed by atoms with Crippen molar-refractivity contribution in [1.29, 1.82) is 5.26 Å². The second-order valence-corrected chi connectivity index (χ2v) is 5.22. The van der Waals surface area contributed by atoms with Crippen molar-refractivity contribution in [2.24, 2.45) is 0 Å². The van der Waals surface area contributed by atoms with Gasteiger partial charge in [-0.15, -0.1) is 0 Å². The molecule has 0 bridgehead atoms. The summed E-state index contributed by atoms with van der Waals surface area (Å²) >= 11 is 0. The van der Waals surface area contributed by atoms with Gasteiger partial charge < -0.3 is 4.57 Å². The number of rotatable bonds is 3. The molecule has 4 nitrogen and oxygen atoms in total. The Bertz CT molecular complexity index is 786. The molecule has 20 heavy (non-hydrogen) atoms. The van der Waals surface area contributed by atoms with E-state index in [9.17, 15) is 0 Å². The highest BCUT2D eigenvalue weighted by Crippen LogP contribution is 2.21. The Balaban J connectivity index is 2.06. The molecule has 0 N–H and O–H groups in total. The van der Waals surface area contributed by atoms with Crippen molar-refractivity contribution >= 4 is 5.65 Å². The fraction of sp³-hybridized carbons (Fsp3) is 0.250. The van der Waals surface area contributed by atoms with Crippen LogP contribution in [0, 0.1) is 11.3 Å². The molecule has 2 heterocycles. The zero-order valence-electron chi connectivity index (χ0n) is 11.6. The molecule has 1 aromatic carbocycles. The van der Waals surface area contributed by atoms with E-state index in [0.29, 0.717) is 11.5 Å². The topological polar surface area (TPSA) is 46.0 Å². The third-order valence-corrected chi connectivity index (χ3v) is 3.57. The van der Waals surface area contributed by atoms with Crippen molar-refractivity contribution in [2.45, 2.75) is 26.3 Å². The van der Waals surface area contributed by atoms with E-state index in [-0.39, 0.29) is 0 Å². The lowest BCUT2D eigenvalue weighted by molar-refractivity contribution is 0.780. The lowest BCUT2D eigenvalue weighted by Gasteiger charge is -2.13. The number of fused-ring (bicyclic) bond motifs is 1. The van der Waals surface area contributed by atoms with Crippen LogP contribution < -0.4 is 0 Å². The van der Waals surface area contributed by atoms with Crippen LogP contribution in [-0.2, 0) is 6.54 Å². The molecule has 0 saturated carbocycles. The van der Waals surface area contributed by atoms with Gasteiger partial charge in [-0.3, -0.25) is 0 Å². The molecule has 0 aliphatic rings. The number of imidazole rings is 1. The zero-order chi connectivity index (χ0) is 14.1. The van der Waals surface area contributed by atoms with Gasteiger partial charge in [-0.05, 0) is 17.0 Å². The van der Waals surface area contributed by atoms with Crippen molar-refractivity contribution in [3.8, 4) is 6.07 Å². The maximum Gasteiger partial charge on any atom is 0.154 e. The van der Waals surface area contributed by atoms with Gasteiger partial charge in [0.1, 0.15) is 11.6 Å². The van der Waals surface area contributed by atoms with Gasteiger partial charge in [-0.1, -0.05) is 38.1 Å². The summed E-state index contributed by atoms with van der Waals surface area (Å²) in [5.41, 5.74) is 4.09. The van der Waals surface area contributed by atoms with Crippen LogP contribution >= 0.6 is 0 Å². The molecule has 0 unspecified atom stereocenters. The zero-order valence-corrected chi connectivity index (χ0v) is 11.6. The van der Waals surface area contributed by atoms with Crippen LogP contribution in [0.5, 0.6) is 0 Å².